The summed E-state index contributed by atoms with van der Waals surface area (Å²) in [5.74, 6) is 1.21. The van der Waals surface area contributed by atoms with Crippen LogP contribution in [0.2, 0.25) is 0 Å². The second-order valence-corrected chi connectivity index (χ2v) is 5.35. The molecule has 0 amide bonds. The molecule has 1 N–H and O–H groups in total. The predicted molar refractivity (Wildman–Crippen MR) is 78.6 cm³/mol. The van der Waals surface area contributed by atoms with Gasteiger partial charge in [0.1, 0.15) is 6.33 Å². The van der Waals surface area contributed by atoms with E-state index in [1.165, 1.54) is 13.2 Å². The third kappa shape index (κ3) is 4.53. The molecule has 21 heavy (non-hydrogen) atoms. The summed E-state index contributed by atoms with van der Waals surface area (Å²) in [6.45, 7) is 6.35. The second kappa shape index (κ2) is 7.17. The van der Waals surface area contributed by atoms with E-state index < -0.39 is 0 Å². The molecule has 1 aromatic heterocycles. The Kier molecular flexibility index (Phi) is 5.27. The lowest BCUT2D eigenvalue weighted by atomic mass is 10.2. The van der Waals surface area contributed by atoms with Crippen molar-refractivity contribution in [3.63, 3.8) is 0 Å². The quantitative estimate of drug-likeness (QED) is 0.850. The van der Waals surface area contributed by atoms with Gasteiger partial charge in [-0.1, -0.05) is 19.9 Å². The number of hydrogen-bond donors (Lipinski definition) is 1. The molecular weight excluding hydrogens is 271 g/mol. The van der Waals surface area contributed by atoms with Crippen LogP contribution < -0.4 is 10.1 Å². The minimum Gasteiger partial charge on any atom is -0.494 e. The maximum Gasteiger partial charge on any atom is 0.165 e. The zero-order valence-electron chi connectivity index (χ0n) is 12.6. The van der Waals surface area contributed by atoms with Gasteiger partial charge in [0.05, 0.1) is 20.2 Å². The van der Waals surface area contributed by atoms with Gasteiger partial charge in [0.2, 0.25) is 0 Å². The molecule has 0 saturated carbocycles. The van der Waals surface area contributed by atoms with E-state index in [4.69, 9.17) is 4.74 Å². The molecule has 0 atom stereocenters. The lowest BCUT2D eigenvalue weighted by Crippen LogP contribution is -2.19. The van der Waals surface area contributed by atoms with Gasteiger partial charge < -0.3 is 10.1 Å². The molecule has 0 fully saturated rings. The van der Waals surface area contributed by atoms with E-state index in [9.17, 15) is 4.39 Å². The number of methoxy groups -OCH3 is 1. The molecule has 1 aromatic carbocycles. The molecular formula is C15H21FN4O. The number of hydrogen-bond acceptors (Lipinski definition) is 4. The topological polar surface area (TPSA) is 52.0 Å². The van der Waals surface area contributed by atoms with Crippen LogP contribution in [0.3, 0.4) is 0 Å². The molecule has 0 aliphatic rings. The number of nitrogens with zero attached hydrogens (tertiary/aromatic N) is 3. The number of halogens is 1. The number of ether oxygens (including phenoxy) is 1. The van der Waals surface area contributed by atoms with E-state index >= 15 is 0 Å². The normalized spacial score (nSPS) is 11.1. The van der Waals surface area contributed by atoms with Crippen LogP contribution in [0.5, 0.6) is 5.75 Å². The Morgan fingerprint density at radius 1 is 1.38 bits per heavy atom. The van der Waals surface area contributed by atoms with Gasteiger partial charge in [0.25, 0.3) is 0 Å². The summed E-state index contributed by atoms with van der Waals surface area (Å²) < 4.78 is 20.2. The summed E-state index contributed by atoms with van der Waals surface area (Å²) >= 11 is 0. The molecule has 0 saturated heterocycles. The first-order chi connectivity index (χ1) is 10.1. The molecule has 0 radical (unpaired) electrons. The Balaban J connectivity index is 1.94. The third-order valence-corrected chi connectivity index (χ3v) is 2.98. The second-order valence-electron chi connectivity index (χ2n) is 5.35. The summed E-state index contributed by atoms with van der Waals surface area (Å²) in [5.41, 5.74) is 0.819. The first-order valence-electron chi connectivity index (χ1n) is 7.00. The van der Waals surface area contributed by atoms with Gasteiger partial charge in [-0.05, 0) is 30.2 Å². The van der Waals surface area contributed by atoms with Crippen LogP contribution in [-0.4, -0.2) is 28.4 Å². The number of rotatable bonds is 7. The zero-order valence-corrected chi connectivity index (χ0v) is 12.6. The van der Waals surface area contributed by atoms with E-state index in [1.807, 2.05) is 6.07 Å². The fourth-order valence-corrected chi connectivity index (χ4v) is 1.96. The van der Waals surface area contributed by atoms with Gasteiger partial charge in [0, 0.05) is 0 Å². The standard InChI is InChI=1S/C15H21FN4O/c1-11(2)7-17-8-15-18-10-20(19-15)9-12-4-5-14(21-3)13(16)6-12/h4-6,10-11,17H,7-9H2,1-3H3. The van der Waals surface area contributed by atoms with Crippen molar-refractivity contribution in [3.8, 4) is 5.75 Å². The van der Waals surface area contributed by atoms with Crippen molar-refractivity contribution in [1.82, 2.24) is 20.1 Å². The third-order valence-electron chi connectivity index (χ3n) is 2.98. The van der Waals surface area contributed by atoms with Gasteiger partial charge in [-0.2, -0.15) is 5.10 Å². The first kappa shape index (κ1) is 15.4. The summed E-state index contributed by atoms with van der Waals surface area (Å²) in [6.07, 6.45) is 1.66. The zero-order chi connectivity index (χ0) is 15.2. The SMILES string of the molecule is COc1ccc(Cn2cnc(CNCC(C)C)n2)cc1F. The molecule has 0 unspecified atom stereocenters. The van der Waals surface area contributed by atoms with E-state index in [1.54, 1.807) is 17.1 Å². The summed E-state index contributed by atoms with van der Waals surface area (Å²) in [5, 5.41) is 7.65. The highest BCUT2D eigenvalue weighted by Gasteiger charge is 2.06. The van der Waals surface area contributed by atoms with Crippen molar-refractivity contribution >= 4 is 0 Å². The maximum atomic E-state index is 13.6. The number of nitrogens with one attached hydrogen (secondary N) is 1. The number of aromatic nitrogens is 3. The van der Waals surface area contributed by atoms with Crippen molar-refractivity contribution in [2.24, 2.45) is 5.92 Å². The largest absolute Gasteiger partial charge is 0.494 e. The van der Waals surface area contributed by atoms with Gasteiger partial charge >= 0.3 is 0 Å². The molecule has 5 nitrogen and oxygen atoms in total. The van der Waals surface area contributed by atoms with Crippen LogP contribution in [0.1, 0.15) is 25.2 Å². The van der Waals surface area contributed by atoms with Gasteiger partial charge in [-0.15, -0.1) is 0 Å². The van der Waals surface area contributed by atoms with E-state index in [-0.39, 0.29) is 11.6 Å². The van der Waals surface area contributed by atoms with Gasteiger partial charge in [0.15, 0.2) is 17.4 Å². The summed E-state index contributed by atoms with van der Waals surface area (Å²) in [7, 11) is 1.45. The van der Waals surface area contributed by atoms with Crippen LogP contribution >= 0.6 is 0 Å². The molecule has 0 spiro atoms. The molecule has 114 valence electrons. The van der Waals surface area contributed by atoms with E-state index in [0.717, 1.165) is 17.9 Å². The monoisotopic (exact) mass is 292 g/mol. The Labute approximate surface area is 124 Å². The highest BCUT2D eigenvalue weighted by molar-refractivity contribution is 5.29. The fraction of sp³-hybridized carbons (Fsp3) is 0.467. The Hall–Kier alpha value is -1.95. The summed E-state index contributed by atoms with van der Waals surface area (Å²) in [6, 6.07) is 4.89. The lowest BCUT2D eigenvalue weighted by molar-refractivity contribution is 0.386. The molecule has 0 aliphatic heterocycles. The first-order valence-corrected chi connectivity index (χ1v) is 7.00. The highest BCUT2D eigenvalue weighted by atomic mass is 19.1. The minimum absolute atomic E-state index is 0.246. The Bertz CT molecular complexity index is 583. The molecule has 2 aromatic rings. The average Bonchev–Trinajstić information content (AvgIpc) is 2.86. The molecule has 1 heterocycles. The van der Waals surface area contributed by atoms with E-state index in [2.05, 4.69) is 29.2 Å². The van der Waals surface area contributed by atoms with Gasteiger partial charge in [-0.3, -0.25) is 0 Å². The van der Waals surface area contributed by atoms with Crippen molar-refractivity contribution in [2.75, 3.05) is 13.7 Å². The van der Waals surface area contributed by atoms with Crippen molar-refractivity contribution < 1.29 is 9.13 Å². The highest BCUT2D eigenvalue weighted by Crippen LogP contribution is 2.18. The van der Waals surface area contributed by atoms with E-state index in [0.29, 0.717) is 19.0 Å². The number of benzene rings is 1. The summed E-state index contributed by atoms with van der Waals surface area (Å²) in [4.78, 5) is 4.24. The van der Waals surface area contributed by atoms with Crippen molar-refractivity contribution in [3.05, 3.63) is 41.7 Å². The Morgan fingerprint density at radius 3 is 2.86 bits per heavy atom. The fourth-order valence-electron chi connectivity index (χ4n) is 1.96. The lowest BCUT2D eigenvalue weighted by Gasteiger charge is -2.05. The van der Waals surface area contributed by atoms with Crippen LogP contribution in [0.15, 0.2) is 24.5 Å². The molecule has 0 aliphatic carbocycles. The van der Waals surface area contributed by atoms with Crippen molar-refractivity contribution in [1.29, 1.82) is 0 Å². The molecule has 6 heteroatoms. The molecule has 0 bridgehead atoms. The molecule has 2 rings (SSSR count). The van der Waals surface area contributed by atoms with Gasteiger partial charge in [-0.25, -0.2) is 14.1 Å². The van der Waals surface area contributed by atoms with Crippen LogP contribution in [0, 0.1) is 11.7 Å². The van der Waals surface area contributed by atoms with Crippen LogP contribution in [-0.2, 0) is 13.1 Å². The minimum atomic E-state index is -0.367. The smallest absolute Gasteiger partial charge is 0.165 e. The van der Waals surface area contributed by atoms with Crippen LogP contribution in [0.25, 0.3) is 0 Å². The van der Waals surface area contributed by atoms with Crippen molar-refractivity contribution in [2.45, 2.75) is 26.9 Å². The predicted octanol–water partition coefficient (Wildman–Crippen LogP) is 2.22. The Morgan fingerprint density at radius 2 is 2.19 bits per heavy atom. The average molecular weight is 292 g/mol. The maximum absolute atomic E-state index is 13.6. The van der Waals surface area contributed by atoms with Crippen LogP contribution in [0.4, 0.5) is 4.39 Å².